The largest absolute Gasteiger partial charge is 0.423 e. The number of rotatable bonds is 2. The van der Waals surface area contributed by atoms with Crippen molar-refractivity contribution in [3.05, 3.63) is 64.7 Å². The highest BCUT2D eigenvalue weighted by Gasteiger charge is 2.20. The fourth-order valence-electron chi connectivity index (χ4n) is 2.49. The molecule has 6 heteroatoms. The fraction of sp³-hybridized carbons (Fsp3) is 0.176. The van der Waals surface area contributed by atoms with Crippen LogP contribution in [-0.2, 0) is 17.6 Å². The lowest BCUT2D eigenvalue weighted by molar-refractivity contribution is -0.120. The van der Waals surface area contributed by atoms with E-state index in [1.54, 1.807) is 12.1 Å². The highest BCUT2D eigenvalue weighted by atomic mass is 19.1. The Morgan fingerprint density at radius 2 is 1.83 bits per heavy atom. The first kappa shape index (κ1) is 15.1. The third-order valence-corrected chi connectivity index (χ3v) is 3.62. The van der Waals surface area contributed by atoms with E-state index in [4.69, 9.17) is 4.74 Å². The first-order valence-corrected chi connectivity index (χ1v) is 7.09. The van der Waals surface area contributed by atoms with E-state index in [2.05, 4.69) is 5.32 Å². The fourth-order valence-corrected chi connectivity index (χ4v) is 2.49. The van der Waals surface area contributed by atoms with Crippen LogP contribution in [0.1, 0.15) is 21.5 Å². The number of carbonyl (C=O) groups is 2. The third kappa shape index (κ3) is 3.21. The Hall–Kier alpha value is -2.76. The molecule has 0 aromatic heterocycles. The van der Waals surface area contributed by atoms with E-state index >= 15 is 0 Å². The summed E-state index contributed by atoms with van der Waals surface area (Å²) in [6.45, 7) is 0.491. The van der Waals surface area contributed by atoms with Crippen LogP contribution >= 0.6 is 0 Å². The van der Waals surface area contributed by atoms with Gasteiger partial charge in [-0.25, -0.2) is 13.6 Å². The van der Waals surface area contributed by atoms with Gasteiger partial charge in [0.15, 0.2) is 0 Å². The zero-order valence-corrected chi connectivity index (χ0v) is 12.1. The van der Waals surface area contributed by atoms with Crippen molar-refractivity contribution >= 4 is 11.9 Å². The van der Waals surface area contributed by atoms with Crippen LogP contribution < -0.4 is 10.1 Å². The van der Waals surface area contributed by atoms with Gasteiger partial charge in [0.1, 0.15) is 22.9 Å². The Morgan fingerprint density at radius 3 is 2.57 bits per heavy atom. The predicted octanol–water partition coefficient (Wildman–Crippen LogP) is 2.40. The quantitative estimate of drug-likeness (QED) is 0.683. The lowest BCUT2D eigenvalue weighted by Crippen LogP contribution is -2.24. The van der Waals surface area contributed by atoms with Crippen molar-refractivity contribution in [3.63, 3.8) is 0 Å². The number of esters is 1. The smallest absolute Gasteiger partial charge is 0.349 e. The van der Waals surface area contributed by atoms with E-state index in [0.717, 1.165) is 23.3 Å². The van der Waals surface area contributed by atoms with Crippen molar-refractivity contribution < 1.29 is 23.1 Å². The number of nitrogens with one attached hydrogen (secondary N) is 1. The van der Waals surface area contributed by atoms with Crippen LogP contribution in [0, 0.1) is 11.6 Å². The maximum Gasteiger partial charge on any atom is 0.349 e. The molecule has 118 valence electrons. The maximum atomic E-state index is 13.6. The number of ether oxygens (including phenoxy) is 1. The molecule has 3 rings (SSSR count). The zero-order valence-electron chi connectivity index (χ0n) is 12.1. The van der Waals surface area contributed by atoms with Gasteiger partial charge in [-0.3, -0.25) is 4.79 Å². The summed E-state index contributed by atoms with van der Waals surface area (Å²) in [5.74, 6) is -2.92. The summed E-state index contributed by atoms with van der Waals surface area (Å²) in [6, 6.07) is 7.97. The van der Waals surface area contributed by atoms with Crippen LogP contribution in [0.4, 0.5) is 8.78 Å². The second-order valence-corrected chi connectivity index (χ2v) is 5.19. The molecule has 2 aromatic carbocycles. The van der Waals surface area contributed by atoms with Crippen molar-refractivity contribution in [3.8, 4) is 5.75 Å². The van der Waals surface area contributed by atoms with Crippen molar-refractivity contribution in [2.45, 2.75) is 12.8 Å². The Morgan fingerprint density at radius 1 is 1.09 bits per heavy atom. The molecule has 1 aliphatic rings. The highest BCUT2D eigenvalue weighted by molar-refractivity contribution is 5.91. The summed E-state index contributed by atoms with van der Waals surface area (Å²) in [5, 5.41) is 2.75. The molecule has 0 fully saturated rings. The third-order valence-electron chi connectivity index (χ3n) is 3.62. The van der Waals surface area contributed by atoms with Crippen LogP contribution in [0.2, 0.25) is 0 Å². The molecule has 0 aliphatic carbocycles. The summed E-state index contributed by atoms with van der Waals surface area (Å²) in [5.41, 5.74) is 0.985. The number of amides is 1. The average Bonchev–Trinajstić information content (AvgIpc) is 2.67. The van der Waals surface area contributed by atoms with Gasteiger partial charge in [0.2, 0.25) is 5.91 Å². The number of halogens is 2. The average molecular weight is 317 g/mol. The van der Waals surface area contributed by atoms with E-state index in [-0.39, 0.29) is 18.1 Å². The topological polar surface area (TPSA) is 55.4 Å². The summed E-state index contributed by atoms with van der Waals surface area (Å²) in [7, 11) is 0. The summed E-state index contributed by atoms with van der Waals surface area (Å²) in [6.07, 6.45) is 0.853. The monoisotopic (exact) mass is 317 g/mol. The number of hydrogen-bond donors (Lipinski definition) is 1. The van der Waals surface area contributed by atoms with E-state index in [1.807, 2.05) is 0 Å². The van der Waals surface area contributed by atoms with Crippen LogP contribution in [0.5, 0.6) is 5.75 Å². The van der Waals surface area contributed by atoms with Gasteiger partial charge in [0.05, 0.1) is 6.42 Å². The normalized spacial score (nSPS) is 13.7. The molecule has 0 saturated heterocycles. The number of carbonyl (C=O) groups excluding carboxylic acids is 2. The molecule has 0 radical (unpaired) electrons. The summed E-state index contributed by atoms with van der Waals surface area (Å²) in [4.78, 5) is 23.5. The molecule has 1 heterocycles. The molecule has 1 aliphatic heterocycles. The Kier molecular flexibility index (Phi) is 4.06. The maximum absolute atomic E-state index is 13.6. The van der Waals surface area contributed by atoms with Gasteiger partial charge >= 0.3 is 5.97 Å². The van der Waals surface area contributed by atoms with Gasteiger partial charge in [-0.2, -0.15) is 0 Å². The van der Waals surface area contributed by atoms with E-state index < -0.39 is 23.2 Å². The van der Waals surface area contributed by atoms with Crippen molar-refractivity contribution in [2.24, 2.45) is 0 Å². The second kappa shape index (κ2) is 6.16. The van der Waals surface area contributed by atoms with E-state index in [1.165, 1.54) is 12.1 Å². The molecule has 0 atom stereocenters. The van der Waals surface area contributed by atoms with Gasteiger partial charge in [-0.05, 0) is 41.8 Å². The van der Waals surface area contributed by atoms with Crippen LogP contribution in [0.3, 0.4) is 0 Å². The highest BCUT2D eigenvalue weighted by Crippen LogP contribution is 2.22. The lowest BCUT2D eigenvalue weighted by Gasteiger charge is -2.09. The van der Waals surface area contributed by atoms with Gasteiger partial charge in [-0.15, -0.1) is 0 Å². The Balaban J connectivity index is 1.85. The molecule has 0 saturated carbocycles. The minimum Gasteiger partial charge on any atom is -0.423 e. The molecule has 1 N–H and O–H groups in total. The van der Waals surface area contributed by atoms with Gasteiger partial charge in [0, 0.05) is 6.54 Å². The number of fused-ring (bicyclic) bond motifs is 1. The van der Waals surface area contributed by atoms with Gasteiger partial charge in [-0.1, -0.05) is 12.1 Å². The van der Waals surface area contributed by atoms with Crippen molar-refractivity contribution in [1.82, 2.24) is 5.32 Å². The van der Waals surface area contributed by atoms with E-state index in [0.29, 0.717) is 13.0 Å². The summed E-state index contributed by atoms with van der Waals surface area (Å²) < 4.78 is 32.2. The minimum atomic E-state index is -1.09. The van der Waals surface area contributed by atoms with Crippen LogP contribution in [0.25, 0.3) is 0 Å². The molecule has 2 aromatic rings. The molecule has 23 heavy (non-hydrogen) atoms. The molecule has 4 nitrogen and oxygen atoms in total. The Bertz CT molecular complexity index is 769. The van der Waals surface area contributed by atoms with Crippen LogP contribution in [0.15, 0.2) is 36.4 Å². The molecule has 0 spiro atoms. The van der Waals surface area contributed by atoms with Gasteiger partial charge in [0.25, 0.3) is 0 Å². The summed E-state index contributed by atoms with van der Waals surface area (Å²) >= 11 is 0. The van der Waals surface area contributed by atoms with Crippen molar-refractivity contribution in [2.75, 3.05) is 6.54 Å². The lowest BCUT2D eigenvalue weighted by atomic mass is 10.0. The SMILES string of the molecule is O=C1Cc2ccc(OC(=O)c3c(F)cccc3F)cc2CCN1. The van der Waals surface area contributed by atoms with Gasteiger partial charge < -0.3 is 10.1 Å². The molecule has 0 bridgehead atoms. The minimum absolute atomic E-state index is 0.0677. The Labute approximate surface area is 131 Å². The first-order chi connectivity index (χ1) is 11.0. The molecule has 1 amide bonds. The van der Waals surface area contributed by atoms with Crippen molar-refractivity contribution in [1.29, 1.82) is 0 Å². The molecular formula is C17H13F2NO3. The first-order valence-electron chi connectivity index (χ1n) is 7.09. The number of hydrogen-bond acceptors (Lipinski definition) is 3. The second-order valence-electron chi connectivity index (χ2n) is 5.19. The predicted molar refractivity (Wildman–Crippen MR) is 78.2 cm³/mol. The van der Waals surface area contributed by atoms with E-state index in [9.17, 15) is 18.4 Å². The standard InChI is InChI=1S/C17H13F2NO3/c18-13-2-1-3-14(19)16(13)17(22)23-12-5-4-10-9-15(21)20-7-6-11(10)8-12/h1-5,8H,6-7,9H2,(H,20,21). The van der Waals surface area contributed by atoms with Crippen LogP contribution in [-0.4, -0.2) is 18.4 Å². The zero-order chi connectivity index (χ0) is 16.4. The molecular weight excluding hydrogens is 304 g/mol. The molecule has 0 unspecified atom stereocenters. The number of benzene rings is 2.